The molecule has 2 N–H and O–H groups in total. The number of alkyl halides is 3. The summed E-state index contributed by atoms with van der Waals surface area (Å²) in [5.74, 6) is 0.802. The summed E-state index contributed by atoms with van der Waals surface area (Å²) in [4.78, 5) is 14.9. The third-order valence-electron chi connectivity index (χ3n) is 6.10. The zero-order chi connectivity index (χ0) is 17.1. The third-order valence-corrected chi connectivity index (χ3v) is 6.10. The second-order valence-electron chi connectivity index (χ2n) is 7.54. The number of fused-ring (bicyclic) bond motifs is 1. The molecule has 2 aliphatic carbocycles. The van der Waals surface area contributed by atoms with Crippen LogP contribution < -0.4 is 5.73 Å². The Labute approximate surface area is 139 Å². The lowest BCUT2D eigenvalue weighted by atomic mass is 9.92. The molecule has 3 aliphatic rings. The van der Waals surface area contributed by atoms with Gasteiger partial charge in [0.2, 0.25) is 5.91 Å². The van der Waals surface area contributed by atoms with Crippen molar-refractivity contribution in [2.75, 3.05) is 13.1 Å². The quantitative estimate of drug-likeness (QED) is 0.901. The number of benzene rings is 1. The topological polar surface area (TPSA) is 46.3 Å². The summed E-state index contributed by atoms with van der Waals surface area (Å²) < 4.78 is 38.9. The number of carbonyl (C=O) groups excluding carboxylic acids is 1. The van der Waals surface area contributed by atoms with E-state index >= 15 is 0 Å². The Morgan fingerprint density at radius 2 is 1.96 bits per heavy atom. The van der Waals surface area contributed by atoms with E-state index in [4.69, 9.17) is 5.73 Å². The van der Waals surface area contributed by atoms with Crippen molar-refractivity contribution >= 4 is 5.91 Å². The van der Waals surface area contributed by atoms with Crippen LogP contribution in [0.3, 0.4) is 0 Å². The van der Waals surface area contributed by atoms with Crippen LogP contribution in [-0.2, 0) is 16.4 Å². The number of likely N-dealkylation sites (tertiary alicyclic amines) is 1. The summed E-state index contributed by atoms with van der Waals surface area (Å²) in [7, 11) is 0. The average molecular weight is 338 g/mol. The van der Waals surface area contributed by atoms with E-state index in [2.05, 4.69) is 0 Å². The van der Waals surface area contributed by atoms with Gasteiger partial charge in [-0.2, -0.15) is 13.2 Å². The lowest BCUT2D eigenvalue weighted by Gasteiger charge is -2.25. The van der Waals surface area contributed by atoms with Gasteiger partial charge in [-0.1, -0.05) is 18.2 Å². The number of rotatable bonds is 2. The number of nitrogens with two attached hydrogens (primary N) is 1. The van der Waals surface area contributed by atoms with Gasteiger partial charge in [-0.15, -0.1) is 0 Å². The highest BCUT2D eigenvalue weighted by Crippen LogP contribution is 2.51. The van der Waals surface area contributed by atoms with Gasteiger partial charge in [0.05, 0.1) is 11.0 Å². The first-order chi connectivity index (χ1) is 11.3. The minimum Gasteiger partial charge on any atom is -0.341 e. The van der Waals surface area contributed by atoms with Crippen LogP contribution in [0.15, 0.2) is 24.3 Å². The van der Waals surface area contributed by atoms with Crippen LogP contribution in [0.25, 0.3) is 0 Å². The predicted molar refractivity (Wildman–Crippen MR) is 83.1 cm³/mol. The van der Waals surface area contributed by atoms with Gasteiger partial charge in [0.1, 0.15) is 0 Å². The van der Waals surface area contributed by atoms with Gasteiger partial charge in [0.15, 0.2) is 0 Å². The number of hydrogen-bond donors (Lipinski definition) is 1. The number of nitrogens with zero attached hydrogens (tertiary/aromatic N) is 1. The standard InChI is InChI=1S/C18H21F3N2O/c19-18(20,21)13-3-1-2-12(8-13)17(6-7-17)16(24)23-9-11-4-5-15(22)14(11)10-23/h1-3,8,11,14-15H,4-7,9-10,22H2. The van der Waals surface area contributed by atoms with Gasteiger partial charge in [-0.3, -0.25) is 4.79 Å². The Morgan fingerprint density at radius 3 is 2.58 bits per heavy atom. The van der Waals surface area contributed by atoms with Gasteiger partial charge in [0.25, 0.3) is 0 Å². The van der Waals surface area contributed by atoms with E-state index in [1.807, 2.05) is 4.90 Å². The van der Waals surface area contributed by atoms with Gasteiger partial charge >= 0.3 is 6.18 Å². The SMILES string of the molecule is NC1CCC2CN(C(=O)C3(c4cccc(C(F)(F)F)c4)CC3)CC12. The van der Waals surface area contributed by atoms with Gasteiger partial charge in [-0.05, 0) is 49.1 Å². The molecular formula is C18H21F3N2O. The second-order valence-corrected chi connectivity index (χ2v) is 7.54. The monoisotopic (exact) mass is 338 g/mol. The van der Waals surface area contributed by atoms with Gasteiger partial charge < -0.3 is 10.6 Å². The molecule has 24 heavy (non-hydrogen) atoms. The molecule has 0 spiro atoms. The number of carbonyl (C=O) groups is 1. The minimum absolute atomic E-state index is 0.0107. The molecule has 2 saturated carbocycles. The molecule has 1 aromatic carbocycles. The summed E-state index contributed by atoms with van der Waals surface area (Å²) in [5.41, 5.74) is 5.20. The summed E-state index contributed by atoms with van der Waals surface area (Å²) in [5, 5.41) is 0. The van der Waals surface area contributed by atoms with Crippen LogP contribution in [0.2, 0.25) is 0 Å². The molecule has 1 aromatic rings. The van der Waals surface area contributed by atoms with Crippen molar-refractivity contribution in [3.63, 3.8) is 0 Å². The fraction of sp³-hybridized carbons (Fsp3) is 0.611. The molecule has 3 unspecified atom stereocenters. The summed E-state index contributed by atoms with van der Waals surface area (Å²) in [6, 6.07) is 5.41. The average Bonchev–Trinajstić information content (AvgIpc) is 3.13. The van der Waals surface area contributed by atoms with Gasteiger partial charge in [-0.25, -0.2) is 0 Å². The Bertz CT molecular complexity index is 668. The van der Waals surface area contributed by atoms with Crippen molar-refractivity contribution in [1.29, 1.82) is 0 Å². The Balaban J connectivity index is 1.57. The van der Waals surface area contributed by atoms with Crippen LogP contribution in [0.4, 0.5) is 13.2 Å². The summed E-state index contributed by atoms with van der Waals surface area (Å²) in [6.45, 7) is 1.36. The Morgan fingerprint density at radius 1 is 1.21 bits per heavy atom. The zero-order valence-corrected chi connectivity index (χ0v) is 13.4. The molecule has 1 heterocycles. The maximum atomic E-state index is 13.0. The maximum absolute atomic E-state index is 13.0. The van der Waals surface area contributed by atoms with Gasteiger partial charge in [0, 0.05) is 19.1 Å². The molecule has 4 rings (SSSR count). The van der Waals surface area contributed by atoms with Crippen molar-refractivity contribution in [2.24, 2.45) is 17.6 Å². The normalized spacial score (nSPS) is 31.2. The first-order valence-electron chi connectivity index (χ1n) is 8.54. The summed E-state index contributed by atoms with van der Waals surface area (Å²) in [6.07, 6.45) is -1.06. The molecule has 0 radical (unpaired) electrons. The van der Waals surface area contributed by atoms with E-state index in [0.717, 1.165) is 25.0 Å². The highest BCUT2D eigenvalue weighted by Gasteiger charge is 2.55. The van der Waals surface area contributed by atoms with Crippen molar-refractivity contribution in [3.05, 3.63) is 35.4 Å². The van der Waals surface area contributed by atoms with Crippen molar-refractivity contribution in [3.8, 4) is 0 Å². The third kappa shape index (κ3) is 2.42. The van der Waals surface area contributed by atoms with E-state index in [9.17, 15) is 18.0 Å². The molecule has 3 nitrogen and oxygen atoms in total. The molecular weight excluding hydrogens is 317 g/mol. The number of hydrogen-bond acceptors (Lipinski definition) is 2. The molecule has 130 valence electrons. The van der Waals surface area contributed by atoms with E-state index in [0.29, 0.717) is 43.3 Å². The second kappa shape index (κ2) is 5.22. The van der Waals surface area contributed by atoms with Crippen molar-refractivity contribution < 1.29 is 18.0 Å². The largest absolute Gasteiger partial charge is 0.416 e. The Kier molecular flexibility index (Phi) is 3.46. The molecule has 3 fully saturated rings. The van der Waals surface area contributed by atoms with Crippen LogP contribution in [-0.4, -0.2) is 29.9 Å². The molecule has 0 bridgehead atoms. The summed E-state index contributed by atoms with van der Waals surface area (Å²) >= 11 is 0. The molecule has 0 aromatic heterocycles. The highest BCUT2D eigenvalue weighted by atomic mass is 19.4. The number of amides is 1. The number of halogens is 3. The molecule has 3 atom stereocenters. The minimum atomic E-state index is -4.38. The predicted octanol–water partition coefficient (Wildman–Crippen LogP) is 2.93. The molecule has 1 aliphatic heterocycles. The zero-order valence-electron chi connectivity index (χ0n) is 13.4. The Hall–Kier alpha value is -1.56. The first kappa shape index (κ1) is 15.9. The fourth-order valence-corrected chi connectivity index (χ4v) is 4.52. The van der Waals surface area contributed by atoms with E-state index in [1.54, 1.807) is 6.07 Å². The van der Waals surface area contributed by atoms with E-state index in [-0.39, 0.29) is 11.9 Å². The van der Waals surface area contributed by atoms with E-state index in [1.165, 1.54) is 6.07 Å². The maximum Gasteiger partial charge on any atom is 0.416 e. The fourth-order valence-electron chi connectivity index (χ4n) is 4.52. The molecule has 6 heteroatoms. The molecule has 1 amide bonds. The van der Waals surface area contributed by atoms with Crippen molar-refractivity contribution in [2.45, 2.75) is 43.3 Å². The van der Waals surface area contributed by atoms with Crippen molar-refractivity contribution in [1.82, 2.24) is 4.90 Å². The smallest absolute Gasteiger partial charge is 0.341 e. The van der Waals surface area contributed by atoms with Crippen LogP contribution in [0.5, 0.6) is 0 Å². The first-order valence-corrected chi connectivity index (χ1v) is 8.54. The highest BCUT2D eigenvalue weighted by molar-refractivity contribution is 5.91. The van der Waals surface area contributed by atoms with E-state index < -0.39 is 17.2 Å². The van der Waals surface area contributed by atoms with Crippen LogP contribution in [0.1, 0.15) is 36.8 Å². The van der Waals surface area contributed by atoms with Crippen LogP contribution >= 0.6 is 0 Å². The molecule has 1 saturated heterocycles. The lowest BCUT2D eigenvalue weighted by molar-refractivity contribution is -0.138. The van der Waals surface area contributed by atoms with Crippen LogP contribution in [0, 0.1) is 11.8 Å². The lowest BCUT2D eigenvalue weighted by Crippen LogP contribution is -2.39.